The first kappa shape index (κ1) is 24.4. The zero-order chi connectivity index (χ0) is 25.3. The van der Waals surface area contributed by atoms with Gasteiger partial charge in [-0.1, -0.05) is 50.2 Å². The first-order valence-electron chi connectivity index (χ1n) is 11.6. The van der Waals surface area contributed by atoms with Crippen LogP contribution in [-0.2, 0) is 11.4 Å². The summed E-state index contributed by atoms with van der Waals surface area (Å²) in [5.74, 6) is 0.945. The Morgan fingerprint density at radius 2 is 1.86 bits per heavy atom. The highest BCUT2D eigenvalue weighted by atomic mass is 16.5. The van der Waals surface area contributed by atoms with Crippen molar-refractivity contribution in [3.8, 4) is 17.6 Å². The highest BCUT2D eigenvalue weighted by Crippen LogP contribution is 2.50. The number of hydrogen-bond donors (Lipinski definition) is 1. The second-order valence-corrected chi connectivity index (χ2v) is 9.99. The maximum Gasteiger partial charge on any atom is 0.162 e. The van der Waals surface area contributed by atoms with E-state index in [-0.39, 0.29) is 11.2 Å². The number of allylic oxidation sites excluding steroid dienone is 3. The molecule has 0 radical (unpaired) electrons. The van der Waals surface area contributed by atoms with E-state index in [4.69, 9.17) is 15.2 Å². The van der Waals surface area contributed by atoms with Crippen LogP contribution in [-0.4, -0.2) is 37.0 Å². The normalized spacial score (nSPS) is 19.5. The number of methoxy groups -OCH3 is 1. The van der Waals surface area contributed by atoms with Gasteiger partial charge in [-0.25, -0.2) is 5.01 Å². The maximum atomic E-state index is 13.5. The van der Waals surface area contributed by atoms with Crippen molar-refractivity contribution in [1.82, 2.24) is 10.0 Å². The van der Waals surface area contributed by atoms with Crippen LogP contribution in [0, 0.1) is 16.7 Å². The SMILES string of the molecule is COc1cc([C@@H]2C(C#N)=C(N)N(N(C)C)C3=C2C(=O)CC(C)(C)C3)ccc1OCc1ccccc1. The first-order chi connectivity index (χ1) is 16.7. The average molecular weight is 473 g/mol. The van der Waals surface area contributed by atoms with Crippen LogP contribution in [0.4, 0.5) is 0 Å². The number of hydrogen-bond acceptors (Lipinski definition) is 7. The molecule has 0 spiro atoms. The standard InChI is InChI=1S/C28H32N4O3/c1-28(2)14-21-26(22(33)15-28)25(20(16-29)27(30)32(21)31(3)4)19-11-12-23(24(13-19)34-5)35-17-18-9-7-6-8-10-18/h6-13,25H,14-15,17,30H2,1-5H3/t25-/m1/s1. The molecule has 0 saturated carbocycles. The molecule has 35 heavy (non-hydrogen) atoms. The van der Waals surface area contributed by atoms with E-state index in [1.54, 1.807) is 12.1 Å². The number of nitrogens with two attached hydrogens (primary N) is 1. The molecule has 0 bridgehead atoms. The van der Waals surface area contributed by atoms with Crippen molar-refractivity contribution < 1.29 is 14.3 Å². The van der Waals surface area contributed by atoms with Crippen LogP contribution in [0.5, 0.6) is 11.5 Å². The first-order valence-corrected chi connectivity index (χ1v) is 11.6. The molecule has 1 atom stereocenters. The topological polar surface area (TPSA) is 91.8 Å². The Bertz CT molecular complexity index is 1240. The largest absolute Gasteiger partial charge is 0.493 e. The summed E-state index contributed by atoms with van der Waals surface area (Å²) in [6.45, 7) is 4.56. The Kier molecular flexibility index (Phi) is 6.60. The molecular formula is C28H32N4O3. The Labute approximate surface area is 207 Å². The van der Waals surface area contributed by atoms with Gasteiger partial charge in [-0.3, -0.25) is 9.80 Å². The van der Waals surface area contributed by atoms with Crippen LogP contribution in [0.3, 0.4) is 0 Å². The number of nitrogens with zero attached hydrogens (tertiary/aromatic N) is 3. The Morgan fingerprint density at radius 3 is 2.49 bits per heavy atom. The second-order valence-electron chi connectivity index (χ2n) is 9.99. The fraction of sp³-hybridized carbons (Fsp3) is 0.357. The fourth-order valence-electron chi connectivity index (χ4n) is 5.00. The van der Waals surface area contributed by atoms with Gasteiger partial charge in [0.15, 0.2) is 17.3 Å². The van der Waals surface area contributed by atoms with Gasteiger partial charge in [0.2, 0.25) is 0 Å². The monoisotopic (exact) mass is 472 g/mol. The van der Waals surface area contributed by atoms with E-state index < -0.39 is 5.92 Å². The maximum absolute atomic E-state index is 13.5. The van der Waals surface area contributed by atoms with Gasteiger partial charge in [0.25, 0.3) is 0 Å². The third-order valence-electron chi connectivity index (χ3n) is 6.51. The Balaban J connectivity index is 1.79. The van der Waals surface area contributed by atoms with Gasteiger partial charge in [-0.2, -0.15) is 5.26 Å². The van der Waals surface area contributed by atoms with E-state index in [1.807, 2.05) is 67.6 Å². The van der Waals surface area contributed by atoms with Crippen molar-refractivity contribution in [1.29, 1.82) is 5.26 Å². The van der Waals surface area contributed by atoms with E-state index in [0.29, 0.717) is 47.9 Å². The van der Waals surface area contributed by atoms with Crippen LogP contribution in [0.25, 0.3) is 0 Å². The quantitative estimate of drug-likeness (QED) is 0.662. The van der Waals surface area contributed by atoms with E-state index in [2.05, 4.69) is 19.9 Å². The minimum absolute atomic E-state index is 0.0386. The van der Waals surface area contributed by atoms with E-state index in [9.17, 15) is 10.1 Å². The summed E-state index contributed by atoms with van der Waals surface area (Å²) in [4.78, 5) is 13.5. The number of benzene rings is 2. The molecule has 2 aromatic rings. The molecule has 0 amide bonds. The third-order valence-corrected chi connectivity index (χ3v) is 6.51. The molecule has 2 aliphatic rings. The summed E-state index contributed by atoms with van der Waals surface area (Å²) in [6.07, 6.45) is 1.09. The number of carbonyl (C=O) groups is 1. The molecule has 0 aromatic heterocycles. The fourth-order valence-corrected chi connectivity index (χ4v) is 5.00. The summed E-state index contributed by atoms with van der Waals surface area (Å²) in [6, 6.07) is 17.7. The summed E-state index contributed by atoms with van der Waals surface area (Å²) >= 11 is 0. The predicted octanol–water partition coefficient (Wildman–Crippen LogP) is 4.49. The number of ether oxygens (including phenoxy) is 2. The van der Waals surface area contributed by atoms with Crippen molar-refractivity contribution in [3.63, 3.8) is 0 Å². The molecular weight excluding hydrogens is 440 g/mol. The van der Waals surface area contributed by atoms with Crippen molar-refractivity contribution in [2.45, 2.75) is 39.2 Å². The number of hydrazine groups is 1. The van der Waals surface area contributed by atoms with E-state index in [0.717, 1.165) is 16.8 Å². The molecule has 0 saturated heterocycles. The van der Waals surface area contributed by atoms with Crippen LogP contribution in [0.2, 0.25) is 0 Å². The van der Waals surface area contributed by atoms with Gasteiger partial charge < -0.3 is 15.2 Å². The predicted molar refractivity (Wildman–Crippen MR) is 134 cm³/mol. The molecule has 1 aliphatic heterocycles. The van der Waals surface area contributed by atoms with Crippen LogP contribution < -0.4 is 15.2 Å². The van der Waals surface area contributed by atoms with Gasteiger partial charge in [-0.15, -0.1) is 0 Å². The summed E-state index contributed by atoms with van der Waals surface area (Å²) in [5, 5.41) is 13.8. The zero-order valence-electron chi connectivity index (χ0n) is 21.0. The minimum atomic E-state index is -0.563. The highest BCUT2D eigenvalue weighted by molar-refractivity contribution is 6.00. The third kappa shape index (κ3) is 4.62. The van der Waals surface area contributed by atoms with Gasteiger partial charge in [0.1, 0.15) is 12.4 Å². The summed E-state index contributed by atoms with van der Waals surface area (Å²) < 4.78 is 11.7. The molecule has 2 N–H and O–H groups in total. The lowest BCUT2D eigenvalue weighted by Gasteiger charge is -2.45. The van der Waals surface area contributed by atoms with E-state index in [1.165, 1.54) is 0 Å². The van der Waals surface area contributed by atoms with E-state index >= 15 is 0 Å². The number of carbonyl (C=O) groups excluding carboxylic acids is 1. The molecule has 2 aromatic carbocycles. The smallest absolute Gasteiger partial charge is 0.162 e. The molecule has 7 heteroatoms. The molecule has 1 aliphatic carbocycles. The lowest BCUT2D eigenvalue weighted by Crippen LogP contribution is -2.47. The molecule has 1 heterocycles. The number of Topliss-reactive ketones (excluding diaryl/α,β-unsaturated/α-hetero) is 1. The summed E-state index contributed by atoms with van der Waals surface area (Å²) in [7, 11) is 5.30. The molecule has 0 fully saturated rings. The summed E-state index contributed by atoms with van der Waals surface area (Å²) in [5.41, 5.74) is 10.00. The van der Waals surface area contributed by atoms with Crippen LogP contribution >= 0.6 is 0 Å². The van der Waals surface area contributed by atoms with Crippen molar-refractivity contribution in [3.05, 3.63) is 82.3 Å². The number of rotatable bonds is 6. The number of ketones is 1. The van der Waals surface area contributed by atoms with Crippen molar-refractivity contribution in [2.75, 3.05) is 21.2 Å². The zero-order valence-corrected chi connectivity index (χ0v) is 21.0. The van der Waals surface area contributed by atoms with Crippen LogP contribution in [0.1, 0.15) is 43.7 Å². The minimum Gasteiger partial charge on any atom is -0.493 e. The van der Waals surface area contributed by atoms with Crippen molar-refractivity contribution in [2.24, 2.45) is 11.1 Å². The van der Waals surface area contributed by atoms with Gasteiger partial charge >= 0.3 is 0 Å². The highest BCUT2D eigenvalue weighted by Gasteiger charge is 2.45. The molecule has 4 rings (SSSR count). The lowest BCUT2D eigenvalue weighted by atomic mass is 9.69. The molecule has 0 unspecified atom stereocenters. The Morgan fingerprint density at radius 1 is 1.14 bits per heavy atom. The molecule has 7 nitrogen and oxygen atoms in total. The van der Waals surface area contributed by atoms with Crippen molar-refractivity contribution >= 4 is 5.78 Å². The Hall–Kier alpha value is -3.76. The second kappa shape index (κ2) is 9.47. The molecule has 182 valence electrons. The lowest BCUT2D eigenvalue weighted by molar-refractivity contribution is -0.119. The van der Waals surface area contributed by atoms with Gasteiger partial charge in [0, 0.05) is 31.8 Å². The number of nitriles is 1. The van der Waals surface area contributed by atoms with Gasteiger partial charge in [-0.05, 0) is 35.1 Å². The average Bonchev–Trinajstić information content (AvgIpc) is 2.81. The van der Waals surface area contributed by atoms with Crippen LogP contribution in [0.15, 0.2) is 71.2 Å². The van der Waals surface area contributed by atoms with Gasteiger partial charge in [0.05, 0.1) is 24.7 Å².